The summed E-state index contributed by atoms with van der Waals surface area (Å²) in [5.41, 5.74) is 3.69. The summed E-state index contributed by atoms with van der Waals surface area (Å²) in [4.78, 5) is 26.2. The van der Waals surface area contributed by atoms with Crippen LogP contribution in [0.15, 0.2) is 102 Å². The van der Waals surface area contributed by atoms with Gasteiger partial charge in [-0.05, 0) is 91.3 Å². The van der Waals surface area contributed by atoms with Crippen molar-refractivity contribution in [3.63, 3.8) is 0 Å². The van der Waals surface area contributed by atoms with Gasteiger partial charge in [0.15, 0.2) is 5.11 Å². The Morgan fingerprint density at radius 3 is 2.17 bits per heavy atom. The van der Waals surface area contributed by atoms with Gasteiger partial charge in [-0.2, -0.15) is 0 Å². The summed E-state index contributed by atoms with van der Waals surface area (Å²) in [7, 11) is 0. The highest BCUT2D eigenvalue weighted by atomic mass is 79.9. The molecule has 0 saturated carbocycles. The molecule has 0 saturated heterocycles. The first-order chi connectivity index (χ1) is 19.8. The number of thiocarbonyl (C=S) groups is 1. The van der Waals surface area contributed by atoms with Crippen LogP contribution in [0.25, 0.3) is 0 Å². The van der Waals surface area contributed by atoms with Crippen molar-refractivity contribution >= 4 is 67.8 Å². The molecule has 0 heterocycles. The summed E-state index contributed by atoms with van der Waals surface area (Å²) in [6.07, 6.45) is 0.866. The quantitative estimate of drug-likeness (QED) is 0.133. The molecular formula is C32H31BrN4O3S. The number of carbonyl (C=O) groups excluding carboxylic acids is 2. The van der Waals surface area contributed by atoms with Gasteiger partial charge in [0, 0.05) is 21.5 Å². The molecule has 0 aliphatic rings. The molecule has 0 fully saturated rings. The predicted molar refractivity (Wildman–Crippen MR) is 173 cm³/mol. The highest BCUT2D eigenvalue weighted by Gasteiger charge is 2.17. The fourth-order valence-electron chi connectivity index (χ4n) is 3.85. The highest BCUT2D eigenvalue weighted by Crippen LogP contribution is 2.25. The van der Waals surface area contributed by atoms with Crippen LogP contribution >= 0.6 is 28.1 Å². The Hall–Kier alpha value is -4.21. The molecule has 4 rings (SSSR count). The van der Waals surface area contributed by atoms with E-state index in [1.807, 2.05) is 60.7 Å². The normalized spacial score (nSPS) is 10.5. The molecule has 0 bridgehead atoms. The van der Waals surface area contributed by atoms with E-state index in [0.717, 1.165) is 22.3 Å². The number of carbonyl (C=O) groups is 2. The molecule has 9 heteroatoms. The zero-order valence-electron chi connectivity index (χ0n) is 22.7. The summed E-state index contributed by atoms with van der Waals surface area (Å²) >= 11 is 8.83. The minimum absolute atomic E-state index is 0.0553. The summed E-state index contributed by atoms with van der Waals surface area (Å²) in [6.45, 7) is 4.72. The largest absolute Gasteiger partial charge is 0.493 e. The second kappa shape index (κ2) is 14.4. The molecule has 0 atom stereocenters. The second-order valence-electron chi connectivity index (χ2n) is 9.65. The minimum Gasteiger partial charge on any atom is -0.493 e. The number of hydrogen-bond donors (Lipinski definition) is 4. The molecule has 4 aromatic carbocycles. The summed E-state index contributed by atoms with van der Waals surface area (Å²) in [5.74, 6) is 0.208. The maximum atomic E-state index is 13.1. The first-order valence-electron chi connectivity index (χ1n) is 13.2. The average Bonchev–Trinajstić information content (AvgIpc) is 2.95. The Bertz CT molecular complexity index is 1510. The number of para-hydroxylation sites is 2. The number of benzene rings is 4. The molecule has 0 aromatic heterocycles. The Labute approximate surface area is 253 Å². The van der Waals surface area contributed by atoms with Crippen molar-refractivity contribution in [3.05, 3.63) is 113 Å². The van der Waals surface area contributed by atoms with E-state index >= 15 is 0 Å². The van der Waals surface area contributed by atoms with Gasteiger partial charge < -0.3 is 20.7 Å². The average molecular weight is 632 g/mol. The number of hydrogen-bond acceptors (Lipinski definition) is 5. The number of nitrogens with one attached hydrogen (secondary N) is 4. The standard InChI is InChI=1S/C32H31BrN4O3S/c1-21(2)18-19-40-29-17-12-22(33)20-27(29)31(39)37-32(41)36-28-11-7-6-10-26(28)30(38)35-25-15-13-24(14-16-25)34-23-8-4-3-5-9-23/h3-17,20-21,34H,18-19H2,1-2H3,(H,35,38)(H2,36,37,39,41). The number of anilines is 4. The molecule has 4 aromatic rings. The first kappa shape index (κ1) is 29.8. The molecule has 2 amide bonds. The lowest BCUT2D eigenvalue weighted by Crippen LogP contribution is -2.35. The Morgan fingerprint density at radius 1 is 0.780 bits per heavy atom. The van der Waals surface area contributed by atoms with Crippen LogP contribution in [-0.4, -0.2) is 23.5 Å². The number of rotatable bonds is 10. The monoisotopic (exact) mass is 630 g/mol. The molecule has 210 valence electrons. The van der Waals surface area contributed by atoms with Crippen LogP contribution in [0.5, 0.6) is 5.75 Å². The van der Waals surface area contributed by atoms with E-state index in [1.165, 1.54) is 0 Å². The third-order valence-corrected chi connectivity index (χ3v) is 6.69. The first-order valence-corrected chi connectivity index (χ1v) is 14.4. The highest BCUT2D eigenvalue weighted by molar-refractivity contribution is 9.10. The van der Waals surface area contributed by atoms with Crippen molar-refractivity contribution in [2.75, 3.05) is 22.6 Å². The van der Waals surface area contributed by atoms with Crippen molar-refractivity contribution in [1.82, 2.24) is 5.32 Å². The topological polar surface area (TPSA) is 91.5 Å². The molecule has 0 spiro atoms. The van der Waals surface area contributed by atoms with Gasteiger partial charge in [0.2, 0.25) is 0 Å². The van der Waals surface area contributed by atoms with Crippen LogP contribution < -0.4 is 26.0 Å². The molecule has 0 unspecified atom stereocenters. The summed E-state index contributed by atoms with van der Waals surface area (Å²) in [6, 6.07) is 29.5. The molecule has 0 aliphatic carbocycles. The van der Waals surface area contributed by atoms with Crippen LogP contribution in [0, 0.1) is 5.92 Å². The van der Waals surface area contributed by atoms with Gasteiger partial charge >= 0.3 is 0 Å². The van der Waals surface area contributed by atoms with E-state index in [2.05, 4.69) is 51.0 Å². The molecule has 0 radical (unpaired) electrons. The van der Waals surface area contributed by atoms with E-state index in [-0.39, 0.29) is 11.0 Å². The van der Waals surface area contributed by atoms with Crippen LogP contribution in [0.2, 0.25) is 0 Å². The Kier molecular flexibility index (Phi) is 10.5. The maximum absolute atomic E-state index is 13.1. The van der Waals surface area contributed by atoms with Gasteiger partial charge in [0.1, 0.15) is 5.75 Å². The smallest absolute Gasteiger partial charge is 0.261 e. The number of amides is 2. The number of halogens is 1. The summed E-state index contributed by atoms with van der Waals surface area (Å²) in [5, 5.41) is 12.0. The molecule has 4 N–H and O–H groups in total. The zero-order valence-corrected chi connectivity index (χ0v) is 25.1. The lowest BCUT2D eigenvalue weighted by atomic mass is 10.1. The Balaban J connectivity index is 1.39. The van der Waals surface area contributed by atoms with Crippen molar-refractivity contribution in [2.24, 2.45) is 5.92 Å². The maximum Gasteiger partial charge on any atom is 0.261 e. The van der Waals surface area contributed by atoms with Gasteiger partial charge in [-0.3, -0.25) is 14.9 Å². The van der Waals surface area contributed by atoms with E-state index in [0.29, 0.717) is 40.8 Å². The van der Waals surface area contributed by atoms with Gasteiger partial charge in [-0.25, -0.2) is 0 Å². The SMILES string of the molecule is CC(C)CCOc1ccc(Br)cc1C(=O)NC(=S)Nc1ccccc1C(=O)Nc1ccc(Nc2ccccc2)cc1. The van der Waals surface area contributed by atoms with Gasteiger partial charge in [0.25, 0.3) is 11.8 Å². The minimum atomic E-state index is -0.422. The molecular weight excluding hydrogens is 600 g/mol. The van der Waals surface area contributed by atoms with Crippen LogP contribution in [0.1, 0.15) is 41.0 Å². The van der Waals surface area contributed by atoms with Crippen molar-refractivity contribution in [2.45, 2.75) is 20.3 Å². The van der Waals surface area contributed by atoms with Gasteiger partial charge in [-0.15, -0.1) is 0 Å². The number of ether oxygens (including phenoxy) is 1. The Morgan fingerprint density at radius 2 is 1.44 bits per heavy atom. The molecule has 41 heavy (non-hydrogen) atoms. The second-order valence-corrected chi connectivity index (χ2v) is 11.0. The zero-order chi connectivity index (χ0) is 29.2. The van der Waals surface area contributed by atoms with E-state index in [9.17, 15) is 9.59 Å². The van der Waals surface area contributed by atoms with Crippen LogP contribution in [0.3, 0.4) is 0 Å². The van der Waals surface area contributed by atoms with Crippen LogP contribution in [-0.2, 0) is 0 Å². The fraction of sp³-hybridized carbons (Fsp3) is 0.156. The third kappa shape index (κ3) is 8.89. The van der Waals surface area contributed by atoms with Crippen LogP contribution in [0.4, 0.5) is 22.7 Å². The fourth-order valence-corrected chi connectivity index (χ4v) is 4.41. The van der Waals surface area contributed by atoms with E-state index < -0.39 is 5.91 Å². The third-order valence-electron chi connectivity index (χ3n) is 5.99. The van der Waals surface area contributed by atoms with Gasteiger partial charge in [-0.1, -0.05) is 60.1 Å². The van der Waals surface area contributed by atoms with Crippen molar-refractivity contribution in [3.8, 4) is 5.75 Å². The predicted octanol–water partition coefficient (Wildman–Crippen LogP) is 8.00. The molecule has 7 nitrogen and oxygen atoms in total. The molecule has 0 aliphatic heterocycles. The van der Waals surface area contributed by atoms with Gasteiger partial charge in [0.05, 0.1) is 23.4 Å². The van der Waals surface area contributed by atoms with Crippen molar-refractivity contribution < 1.29 is 14.3 Å². The van der Waals surface area contributed by atoms with E-state index in [4.69, 9.17) is 17.0 Å². The van der Waals surface area contributed by atoms with E-state index in [1.54, 1.807) is 36.4 Å². The summed E-state index contributed by atoms with van der Waals surface area (Å²) < 4.78 is 6.61. The lowest BCUT2D eigenvalue weighted by molar-refractivity contribution is 0.0972. The van der Waals surface area contributed by atoms with Crippen molar-refractivity contribution in [1.29, 1.82) is 0 Å². The lowest BCUT2D eigenvalue weighted by Gasteiger charge is -2.16.